The van der Waals surface area contributed by atoms with Crippen LogP contribution in [0, 0.1) is 5.92 Å². The number of hydrogen-bond acceptors (Lipinski definition) is 3. The Morgan fingerprint density at radius 1 is 1.29 bits per heavy atom. The number of furan rings is 1. The molecule has 0 aliphatic carbocycles. The lowest BCUT2D eigenvalue weighted by atomic mass is 10.2. The Labute approximate surface area is 127 Å². The molecule has 0 aromatic carbocycles. The molecule has 0 bridgehead atoms. The van der Waals surface area contributed by atoms with E-state index in [1.165, 1.54) is 11.3 Å². The van der Waals surface area contributed by atoms with Gasteiger partial charge in [-0.3, -0.25) is 4.68 Å². The number of rotatable bonds is 8. The highest BCUT2D eigenvalue weighted by molar-refractivity contribution is 5.19. The van der Waals surface area contributed by atoms with E-state index in [0.717, 1.165) is 43.9 Å². The van der Waals surface area contributed by atoms with Crippen LogP contribution in [0.1, 0.15) is 50.4 Å². The molecular weight excluding hydrogens is 262 g/mol. The number of nitrogens with one attached hydrogen (secondary N) is 1. The van der Waals surface area contributed by atoms with E-state index in [4.69, 9.17) is 4.42 Å². The van der Waals surface area contributed by atoms with E-state index in [1.54, 1.807) is 6.26 Å². The third-order valence-corrected chi connectivity index (χ3v) is 3.63. The van der Waals surface area contributed by atoms with Crippen molar-refractivity contribution in [3.8, 4) is 0 Å². The molecule has 2 aromatic heterocycles. The average molecular weight is 289 g/mol. The SMILES string of the molecule is CCc1cc(CC)n(Cc2ccoc2CNCC(C)C)n1. The molecule has 0 unspecified atom stereocenters. The van der Waals surface area contributed by atoms with Crippen LogP contribution in [0.4, 0.5) is 0 Å². The molecule has 116 valence electrons. The van der Waals surface area contributed by atoms with Crippen LogP contribution in [0.5, 0.6) is 0 Å². The Hall–Kier alpha value is -1.55. The van der Waals surface area contributed by atoms with Crippen LogP contribution in [0.3, 0.4) is 0 Å². The maximum Gasteiger partial charge on any atom is 0.122 e. The van der Waals surface area contributed by atoms with E-state index in [9.17, 15) is 0 Å². The van der Waals surface area contributed by atoms with E-state index in [0.29, 0.717) is 5.92 Å². The van der Waals surface area contributed by atoms with Gasteiger partial charge < -0.3 is 9.73 Å². The maximum atomic E-state index is 5.62. The van der Waals surface area contributed by atoms with E-state index in [2.05, 4.69) is 54.9 Å². The summed E-state index contributed by atoms with van der Waals surface area (Å²) in [4.78, 5) is 0. The van der Waals surface area contributed by atoms with Gasteiger partial charge in [0.25, 0.3) is 0 Å². The molecule has 0 radical (unpaired) electrons. The highest BCUT2D eigenvalue weighted by Crippen LogP contribution is 2.15. The summed E-state index contributed by atoms with van der Waals surface area (Å²) in [5, 5.41) is 8.11. The molecule has 4 nitrogen and oxygen atoms in total. The summed E-state index contributed by atoms with van der Waals surface area (Å²) >= 11 is 0. The quantitative estimate of drug-likeness (QED) is 0.810. The normalized spacial score (nSPS) is 11.5. The second-order valence-electron chi connectivity index (χ2n) is 5.89. The Kier molecular flexibility index (Phi) is 5.62. The molecule has 0 atom stereocenters. The summed E-state index contributed by atoms with van der Waals surface area (Å²) in [5.41, 5.74) is 3.66. The zero-order valence-corrected chi connectivity index (χ0v) is 13.6. The maximum absolute atomic E-state index is 5.62. The van der Waals surface area contributed by atoms with Crippen molar-refractivity contribution in [2.45, 2.75) is 53.6 Å². The second-order valence-corrected chi connectivity index (χ2v) is 5.89. The predicted molar refractivity (Wildman–Crippen MR) is 85.3 cm³/mol. The van der Waals surface area contributed by atoms with Gasteiger partial charge in [0.05, 0.1) is 25.0 Å². The van der Waals surface area contributed by atoms with Gasteiger partial charge in [0.1, 0.15) is 5.76 Å². The molecule has 0 spiro atoms. The van der Waals surface area contributed by atoms with Crippen molar-refractivity contribution in [2.24, 2.45) is 5.92 Å². The van der Waals surface area contributed by atoms with Gasteiger partial charge in [-0.05, 0) is 37.4 Å². The lowest BCUT2D eigenvalue weighted by Crippen LogP contribution is -2.19. The molecule has 21 heavy (non-hydrogen) atoms. The molecule has 0 aliphatic heterocycles. The highest BCUT2D eigenvalue weighted by Gasteiger charge is 2.11. The number of aromatic nitrogens is 2. The third kappa shape index (κ3) is 4.21. The monoisotopic (exact) mass is 289 g/mol. The molecule has 0 aliphatic rings. The number of nitrogens with zero attached hydrogens (tertiary/aromatic N) is 2. The van der Waals surface area contributed by atoms with Crippen LogP contribution in [-0.2, 0) is 25.9 Å². The Morgan fingerprint density at radius 2 is 2.10 bits per heavy atom. The second kappa shape index (κ2) is 7.46. The topological polar surface area (TPSA) is 43.0 Å². The zero-order valence-electron chi connectivity index (χ0n) is 13.6. The number of hydrogen-bond donors (Lipinski definition) is 1. The molecule has 0 amide bonds. The fourth-order valence-electron chi connectivity index (χ4n) is 2.41. The summed E-state index contributed by atoms with van der Waals surface area (Å²) in [5.74, 6) is 1.67. The lowest BCUT2D eigenvalue weighted by molar-refractivity contribution is 0.457. The standard InChI is InChI=1S/C17H27N3O/c1-5-15-9-16(6-2)20(19-15)12-14-7-8-21-17(14)11-18-10-13(3)4/h7-9,13,18H,5-6,10-12H2,1-4H3. The van der Waals surface area contributed by atoms with E-state index in [1.807, 2.05) is 0 Å². The molecule has 2 heterocycles. The Bertz CT molecular complexity index is 554. The van der Waals surface area contributed by atoms with Gasteiger partial charge in [0.15, 0.2) is 0 Å². The first kappa shape index (κ1) is 15.8. The van der Waals surface area contributed by atoms with Crippen molar-refractivity contribution in [1.82, 2.24) is 15.1 Å². The molecule has 1 N–H and O–H groups in total. The van der Waals surface area contributed by atoms with Crippen molar-refractivity contribution < 1.29 is 4.42 Å². The Morgan fingerprint density at radius 3 is 2.76 bits per heavy atom. The summed E-state index contributed by atoms with van der Waals surface area (Å²) in [7, 11) is 0. The molecule has 2 aromatic rings. The van der Waals surface area contributed by atoms with E-state index >= 15 is 0 Å². The van der Waals surface area contributed by atoms with Crippen LogP contribution in [-0.4, -0.2) is 16.3 Å². The molecule has 0 saturated carbocycles. The highest BCUT2D eigenvalue weighted by atomic mass is 16.3. The van der Waals surface area contributed by atoms with Gasteiger partial charge in [-0.25, -0.2) is 0 Å². The van der Waals surface area contributed by atoms with Gasteiger partial charge in [-0.2, -0.15) is 5.10 Å². The van der Waals surface area contributed by atoms with Crippen molar-refractivity contribution in [3.05, 3.63) is 41.1 Å². The summed E-state index contributed by atoms with van der Waals surface area (Å²) < 4.78 is 7.73. The average Bonchev–Trinajstić information content (AvgIpc) is 3.06. The van der Waals surface area contributed by atoms with Crippen molar-refractivity contribution in [3.63, 3.8) is 0 Å². The molecule has 0 fully saturated rings. The fourth-order valence-corrected chi connectivity index (χ4v) is 2.41. The van der Waals surface area contributed by atoms with Gasteiger partial charge >= 0.3 is 0 Å². The first-order valence-corrected chi connectivity index (χ1v) is 7.95. The van der Waals surface area contributed by atoms with Crippen molar-refractivity contribution in [1.29, 1.82) is 0 Å². The van der Waals surface area contributed by atoms with Crippen LogP contribution in [0.15, 0.2) is 22.8 Å². The van der Waals surface area contributed by atoms with Crippen LogP contribution in [0.2, 0.25) is 0 Å². The fraction of sp³-hybridized carbons (Fsp3) is 0.588. The van der Waals surface area contributed by atoms with Crippen LogP contribution < -0.4 is 5.32 Å². The summed E-state index contributed by atoms with van der Waals surface area (Å²) in [6, 6.07) is 4.26. The number of aryl methyl sites for hydroxylation is 2. The first-order chi connectivity index (χ1) is 10.1. The van der Waals surface area contributed by atoms with Gasteiger partial charge in [-0.15, -0.1) is 0 Å². The van der Waals surface area contributed by atoms with E-state index in [-0.39, 0.29) is 0 Å². The molecule has 0 saturated heterocycles. The third-order valence-electron chi connectivity index (χ3n) is 3.63. The van der Waals surface area contributed by atoms with Crippen LogP contribution >= 0.6 is 0 Å². The largest absolute Gasteiger partial charge is 0.468 e. The van der Waals surface area contributed by atoms with Crippen molar-refractivity contribution in [2.75, 3.05) is 6.54 Å². The van der Waals surface area contributed by atoms with Crippen LogP contribution in [0.25, 0.3) is 0 Å². The minimum atomic E-state index is 0.647. The van der Waals surface area contributed by atoms with Gasteiger partial charge in [0.2, 0.25) is 0 Å². The predicted octanol–water partition coefficient (Wildman–Crippen LogP) is 3.39. The summed E-state index contributed by atoms with van der Waals surface area (Å²) in [6.45, 7) is 11.3. The minimum Gasteiger partial charge on any atom is -0.468 e. The molecule has 4 heteroatoms. The molecule has 2 rings (SSSR count). The first-order valence-electron chi connectivity index (χ1n) is 7.95. The smallest absolute Gasteiger partial charge is 0.122 e. The summed E-state index contributed by atoms with van der Waals surface area (Å²) in [6.07, 6.45) is 3.76. The minimum absolute atomic E-state index is 0.647. The van der Waals surface area contributed by atoms with E-state index < -0.39 is 0 Å². The lowest BCUT2D eigenvalue weighted by Gasteiger charge is -2.09. The zero-order chi connectivity index (χ0) is 15.2. The Balaban J connectivity index is 2.06. The van der Waals surface area contributed by atoms with Gasteiger partial charge in [-0.1, -0.05) is 27.7 Å². The van der Waals surface area contributed by atoms with Gasteiger partial charge in [0, 0.05) is 11.3 Å². The van der Waals surface area contributed by atoms with Crippen molar-refractivity contribution >= 4 is 0 Å². The molecular formula is C17H27N3O.